The topological polar surface area (TPSA) is 97.9 Å². The zero-order valence-corrected chi connectivity index (χ0v) is 18.5. The third-order valence-corrected chi connectivity index (χ3v) is 5.57. The zero-order valence-electron chi connectivity index (χ0n) is 17.7. The molecule has 3 N–H and O–H groups in total. The maximum absolute atomic E-state index is 14.6. The smallest absolute Gasteiger partial charge is 0.335 e. The number of rotatable bonds is 6. The van der Waals surface area contributed by atoms with Crippen LogP contribution in [0.15, 0.2) is 70.6 Å². The lowest BCUT2D eigenvalue weighted by molar-refractivity contribution is 0.0697. The van der Waals surface area contributed by atoms with Gasteiger partial charge in [0.15, 0.2) is 0 Å². The first-order chi connectivity index (χ1) is 16.3. The van der Waals surface area contributed by atoms with Crippen molar-refractivity contribution >= 4 is 40.9 Å². The summed E-state index contributed by atoms with van der Waals surface area (Å²) in [6, 6.07) is 14.6. The number of hydrogen-bond donors (Lipinski definition) is 3. The van der Waals surface area contributed by atoms with Crippen LogP contribution in [0, 0.1) is 23.0 Å². The third kappa shape index (κ3) is 4.87. The molecular formula is C25H19ClF2N4O2. The Hall–Kier alpha value is -3.91. The second-order valence-electron chi connectivity index (χ2n) is 7.55. The Kier molecular flexibility index (Phi) is 6.79. The van der Waals surface area contributed by atoms with Crippen LogP contribution in [-0.2, 0) is 0 Å². The number of fused-ring (bicyclic) bond motifs is 1. The van der Waals surface area contributed by atoms with E-state index in [0.717, 1.165) is 12.1 Å². The van der Waals surface area contributed by atoms with Crippen LogP contribution in [0.4, 0.5) is 14.5 Å². The molecule has 0 saturated carbocycles. The normalized spacial score (nSPS) is 15.6. The number of carboxylic acids is 1. The van der Waals surface area contributed by atoms with Crippen molar-refractivity contribution in [2.24, 2.45) is 15.9 Å². The van der Waals surface area contributed by atoms with E-state index in [2.05, 4.69) is 15.3 Å². The molecule has 0 bridgehead atoms. The predicted molar refractivity (Wildman–Crippen MR) is 129 cm³/mol. The van der Waals surface area contributed by atoms with Gasteiger partial charge in [-0.3, -0.25) is 9.98 Å². The number of hydrogen-bond acceptors (Lipinski definition) is 5. The van der Waals surface area contributed by atoms with Gasteiger partial charge in [-0.25, -0.2) is 13.6 Å². The molecule has 0 saturated heterocycles. The number of carboxylic acid groups (broad SMARTS) is 1. The van der Waals surface area contributed by atoms with Crippen LogP contribution in [-0.4, -0.2) is 41.9 Å². The molecular weight excluding hydrogens is 462 g/mol. The van der Waals surface area contributed by atoms with Crippen molar-refractivity contribution in [2.45, 2.75) is 0 Å². The summed E-state index contributed by atoms with van der Waals surface area (Å²) in [5.74, 6) is -3.03. The molecule has 0 amide bonds. The van der Waals surface area contributed by atoms with Crippen LogP contribution >= 0.6 is 11.6 Å². The maximum atomic E-state index is 14.6. The van der Waals surface area contributed by atoms with Gasteiger partial charge in [-0.15, -0.1) is 0 Å². The Balaban J connectivity index is 1.58. The minimum absolute atomic E-state index is 0.0745. The monoisotopic (exact) mass is 480 g/mol. The van der Waals surface area contributed by atoms with E-state index in [9.17, 15) is 13.6 Å². The standard InChI is InChI=1S/C25H19ClF2N4O2/c26-16-6-9-18-19(10-16)24(22-20(27)2-1-3-21(22)28)31-12-15(23(18)29)11-30-13-32-17-7-4-14(5-8-17)25(33)34/h1-11,15,29,32H,12-13H2,(H,33,34). The van der Waals surface area contributed by atoms with Gasteiger partial charge >= 0.3 is 5.97 Å². The van der Waals surface area contributed by atoms with E-state index in [-0.39, 0.29) is 35.8 Å². The summed E-state index contributed by atoms with van der Waals surface area (Å²) in [5.41, 5.74) is 1.77. The quantitative estimate of drug-likeness (QED) is 0.418. The lowest BCUT2D eigenvalue weighted by Gasteiger charge is -2.13. The molecule has 6 nitrogen and oxygen atoms in total. The summed E-state index contributed by atoms with van der Waals surface area (Å²) in [6.45, 7) is 0.257. The lowest BCUT2D eigenvalue weighted by Crippen LogP contribution is -2.19. The molecule has 3 aromatic carbocycles. The van der Waals surface area contributed by atoms with E-state index in [1.165, 1.54) is 18.2 Å². The fourth-order valence-electron chi connectivity index (χ4n) is 3.62. The van der Waals surface area contributed by atoms with Crippen molar-refractivity contribution in [3.05, 3.63) is 99.6 Å². The molecule has 1 heterocycles. The SMILES string of the molecule is N=C1c2ccc(Cl)cc2C(c2c(F)cccc2F)=NCC1C=NCNc1ccc(C(=O)O)cc1. The van der Waals surface area contributed by atoms with Crippen LogP contribution in [0.3, 0.4) is 0 Å². The van der Waals surface area contributed by atoms with E-state index in [4.69, 9.17) is 22.1 Å². The minimum atomic E-state index is -1.01. The first-order valence-electron chi connectivity index (χ1n) is 10.3. The number of nitrogens with one attached hydrogen (secondary N) is 2. The van der Waals surface area contributed by atoms with Crippen molar-refractivity contribution < 1.29 is 18.7 Å². The first-order valence-corrected chi connectivity index (χ1v) is 10.7. The van der Waals surface area contributed by atoms with E-state index in [1.807, 2.05) is 0 Å². The van der Waals surface area contributed by atoms with Gasteiger partial charge in [0.25, 0.3) is 0 Å². The van der Waals surface area contributed by atoms with Crippen LogP contribution in [0.5, 0.6) is 0 Å². The molecule has 172 valence electrons. The molecule has 1 unspecified atom stereocenters. The van der Waals surface area contributed by atoms with E-state index < -0.39 is 23.5 Å². The van der Waals surface area contributed by atoms with Crippen LogP contribution in [0.1, 0.15) is 27.0 Å². The number of aliphatic imine (C=N–C) groups is 2. The van der Waals surface area contributed by atoms with Gasteiger partial charge in [0.2, 0.25) is 0 Å². The molecule has 0 radical (unpaired) electrons. The highest BCUT2D eigenvalue weighted by Gasteiger charge is 2.27. The van der Waals surface area contributed by atoms with E-state index in [0.29, 0.717) is 21.8 Å². The Labute approximate surface area is 199 Å². The molecule has 1 aliphatic heterocycles. The molecule has 1 aliphatic rings. The molecule has 3 aromatic rings. The molecule has 4 rings (SSSR count). The Bertz CT molecular complexity index is 1300. The molecule has 9 heteroatoms. The molecule has 1 atom stereocenters. The summed E-state index contributed by atoms with van der Waals surface area (Å²) in [4.78, 5) is 19.7. The number of halogens is 3. The highest BCUT2D eigenvalue weighted by atomic mass is 35.5. The zero-order chi connectivity index (χ0) is 24.2. The van der Waals surface area contributed by atoms with Crippen molar-refractivity contribution in [3.8, 4) is 0 Å². The van der Waals surface area contributed by atoms with Crippen LogP contribution < -0.4 is 5.32 Å². The van der Waals surface area contributed by atoms with Gasteiger partial charge in [-0.05, 0) is 48.5 Å². The highest BCUT2D eigenvalue weighted by molar-refractivity contribution is 6.32. The van der Waals surface area contributed by atoms with E-state index in [1.54, 1.807) is 36.5 Å². The first kappa shape index (κ1) is 23.3. The van der Waals surface area contributed by atoms with Crippen LogP contribution in [0.2, 0.25) is 5.02 Å². The number of carbonyl (C=O) groups is 1. The lowest BCUT2D eigenvalue weighted by atomic mass is 9.91. The Morgan fingerprint density at radius 1 is 1.15 bits per heavy atom. The van der Waals surface area contributed by atoms with Gasteiger partial charge < -0.3 is 15.8 Å². The van der Waals surface area contributed by atoms with Gasteiger partial charge in [0, 0.05) is 33.8 Å². The maximum Gasteiger partial charge on any atom is 0.335 e. The van der Waals surface area contributed by atoms with Crippen molar-refractivity contribution in [1.82, 2.24) is 0 Å². The van der Waals surface area contributed by atoms with Gasteiger partial charge in [-0.2, -0.15) is 0 Å². The van der Waals surface area contributed by atoms with E-state index >= 15 is 0 Å². The average molecular weight is 481 g/mol. The Morgan fingerprint density at radius 2 is 1.85 bits per heavy atom. The second kappa shape index (κ2) is 9.93. The van der Waals surface area contributed by atoms with Gasteiger partial charge in [0.05, 0.1) is 29.3 Å². The summed E-state index contributed by atoms with van der Waals surface area (Å²) in [7, 11) is 0. The second-order valence-corrected chi connectivity index (χ2v) is 7.98. The molecule has 0 aromatic heterocycles. The number of benzene rings is 3. The van der Waals surface area contributed by atoms with Crippen LogP contribution in [0.25, 0.3) is 0 Å². The highest BCUT2D eigenvalue weighted by Crippen LogP contribution is 2.27. The fourth-order valence-corrected chi connectivity index (χ4v) is 3.79. The molecule has 0 spiro atoms. The number of nitrogens with zero attached hydrogens (tertiary/aromatic N) is 2. The average Bonchev–Trinajstić information content (AvgIpc) is 2.94. The molecule has 0 fully saturated rings. The van der Waals surface area contributed by atoms with Crippen molar-refractivity contribution in [1.29, 1.82) is 5.41 Å². The largest absolute Gasteiger partial charge is 0.478 e. The van der Waals surface area contributed by atoms with Crippen molar-refractivity contribution in [2.75, 3.05) is 18.5 Å². The number of anilines is 1. The fraction of sp³-hybridized carbons (Fsp3) is 0.120. The predicted octanol–water partition coefficient (Wildman–Crippen LogP) is 5.29. The summed E-state index contributed by atoms with van der Waals surface area (Å²) in [6.07, 6.45) is 1.57. The Morgan fingerprint density at radius 3 is 2.53 bits per heavy atom. The number of aromatic carboxylic acids is 1. The van der Waals surface area contributed by atoms with Gasteiger partial charge in [0.1, 0.15) is 18.3 Å². The molecule has 0 aliphatic carbocycles. The third-order valence-electron chi connectivity index (χ3n) is 5.34. The summed E-state index contributed by atoms with van der Waals surface area (Å²) >= 11 is 6.15. The summed E-state index contributed by atoms with van der Waals surface area (Å²) < 4.78 is 29.1. The van der Waals surface area contributed by atoms with Gasteiger partial charge in [-0.1, -0.05) is 23.7 Å². The van der Waals surface area contributed by atoms with Crippen molar-refractivity contribution in [3.63, 3.8) is 0 Å². The minimum Gasteiger partial charge on any atom is -0.478 e. The molecule has 34 heavy (non-hydrogen) atoms. The summed E-state index contributed by atoms with van der Waals surface area (Å²) in [5, 5.41) is 21.1.